The molecule has 1 N–H and O–H groups in total. The molecule has 1 saturated heterocycles. The van der Waals surface area contributed by atoms with Gasteiger partial charge < -0.3 is 10.1 Å². The molecule has 1 fully saturated rings. The van der Waals surface area contributed by atoms with Crippen LogP contribution in [0.3, 0.4) is 0 Å². The number of nitrogens with one attached hydrogen (secondary N) is 1. The molecule has 1 aromatic heterocycles. The number of hydrogen-bond acceptors (Lipinski definition) is 7. The van der Waals surface area contributed by atoms with E-state index in [0.717, 1.165) is 6.42 Å². The van der Waals surface area contributed by atoms with Crippen molar-refractivity contribution in [2.45, 2.75) is 26.2 Å². The highest BCUT2D eigenvalue weighted by atomic mass is 32.1. The normalized spacial score (nSPS) is 13.5. The first-order valence-corrected chi connectivity index (χ1v) is 9.62. The molecule has 0 atom stereocenters. The van der Waals surface area contributed by atoms with Crippen LogP contribution in [0.25, 0.3) is 0 Å². The largest absolute Gasteiger partial charge is 0.455 e. The smallest absolute Gasteiger partial charge is 0.312 e. The first kappa shape index (κ1) is 19.7. The molecule has 2 heterocycles. The monoisotopic (exact) mass is 401 g/mol. The standard InChI is InChI=1S/C19H19N3O5S/c1-12(23)14-5-2-3-6-15(14)21-16(24)10-27-18(26)9-13-11-28-19(20-13)22-8-4-7-17(22)25/h2-3,5-6,11H,4,7-10H2,1H3,(H,21,24). The summed E-state index contributed by atoms with van der Waals surface area (Å²) < 4.78 is 4.98. The maximum Gasteiger partial charge on any atom is 0.312 e. The molecule has 146 valence electrons. The molecular formula is C19H19N3O5S. The Morgan fingerprint density at radius 3 is 2.79 bits per heavy atom. The molecule has 9 heteroatoms. The van der Waals surface area contributed by atoms with Crippen LogP contribution in [0.15, 0.2) is 29.6 Å². The van der Waals surface area contributed by atoms with Gasteiger partial charge in [0, 0.05) is 23.9 Å². The van der Waals surface area contributed by atoms with Crippen molar-refractivity contribution in [3.8, 4) is 0 Å². The van der Waals surface area contributed by atoms with E-state index in [0.29, 0.717) is 35.0 Å². The first-order chi connectivity index (χ1) is 13.4. The van der Waals surface area contributed by atoms with Crippen molar-refractivity contribution in [1.82, 2.24) is 4.98 Å². The van der Waals surface area contributed by atoms with Crippen molar-refractivity contribution >= 4 is 45.7 Å². The predicted molar refractivity (Wildman–Crippen MR) is 103 cm³/mol. The highest BCUT2D eigenvalue weighted by Crippen LogP contribution is 2.25. The van der Waals surface area contributed by atoms with E-state index in [4.69, 9.17) is 4.74 Å². The first-order valence-electron chi connectivity index (χ1n) is 8.74. The number of anilines is 2. The Balaban J connectivity index is 1.49. The zero-order valence-corrected chi connectivity index (χ0v) is 16.1. The van der Waals surface area contributed by atoms with Crippen molar-refractivity contribution < 1.29 is 23.9 Å². The van der Waals surface area contributed by atoms with E-state index in [1.807, 2.05) is 0 Å². The molecule has 0 saturated carbocycles. The molecule has 2 aromatic rings. The molecule has 28 heavy (non-hydrogen) atoms. The van der Waals surface area contributed by atoms with Gasteiger partial charge in [0.05, 0.1) is 17.8 Å². The highest BCUT2D eigenvalue weighted by molar-refractivity contribution is 7.14. The quantitative estimate of drug-likeness (QED) is 0.563. The van der Waals surface area contributed by atoms with E-state index in [1.54, 1.807) is 34.5 Å². The molecule has 0 bridgehead atoms. The van der Waals surface area contributed by atoms with Crippen LogP contribution in [0.4, 0.5) is 10.8 Å². The lowest BCUT2D eigenvalue weighted by molar-refractivity contribution is -0.146. The molecule has 2 amide bonds. The lowest BCUT2D eigenvalue weighted by Crippen LogP contribution is -2.24. The Morgan fingerprint density at radius 1 is 1.29 bits per heavy atom. The molecule has 0 aliphatic carbocycles. The van der Waals surface area contributed by atoms with E-state index in [9.17, 15) is 19.2 Å². The number of thiazole rings is 1. The third kappa shape index (κ3) is 4.80. The summed E-state index contributed by atoms with van der Waals surface area (Å²) in [6, 6.07) is 6.60. The van der Waals surface area contributed by atoms with Gasteiger partial charge in [-0.25, -0.2) is 4.98 Å². The number of esters is 1. The fourth-order valence-corrected chi connectivity index (χ4v) is 3.65. The maximum absolute atomic E-state index is 12.0. The van der Waals surface area contributed by atoms with Crippen molar-refractivity contribution in [2.75, 3.05) is 23.4 Å². The second-order valence-corrected chi connectivity index (χ2v) is 7.09. The van der Waals surface area contributed by atoms with Crippen LogP contribution in [0.5, 0.6) is 0 Å². The Labute approximate surface area is 165 Å². The lowest BCUT2D eigenvalue weighted by atomic mass is 10.1. The van der Waals surface area contributed by atoms with Gasteiger partial charge in [-0.3, -0.25) is 24.1 Å². The third-order valence-corrected chi connectivity index (χ3v) is 5.03. The topological polar surface area (TPSA) is 106 Å². The van der Waals surface area contributed by atoms with Gasteiger partial charge in [-0.05, 0) is 25.5 Å². The van der Waals surface area contributed by atoms with Crippen molar-refractivity contribution in [3.05, 3.63) is 40.9 Å². The number of carbonyl (C=O) groups is 4. The van der Waals surface area contributed by atoms with Crippen LogP contribution in [0.1, 0.15) is 35.8 Å². The molecule has 1 aliphatic rings. The van der Waals surface area contributed by atoms with Gasteiger partial charge in [0.2, 0.25) is 5.91 Å². The number of amides is 2. The minimum atomic E-state index is -0.598. The van der Waals surface area contributed by atoms with E-state index in [-0.39, 0.29) is 18.1 Å². The third-order valence-electron chi connectivity index (χ3n) is 4.11. The molecule has 1 aromatic carbocycles. The molecule has 3 rings (SSSR count). The Morgan fingerprint density at radius 2 is 2.07 bits per heavy atom. The van der Waals surface area contributed by atoms with Gasteiger partial charge in [0.1, 0.15) is 0 Å². The van der Waals surface area contributed by atoms with Gasteiger partial charge >= 0.3 is 5.97 Å². The summed E-state index contributed by atoms with van der Waals surface area (Å²) in [7, 11) is 0. The van der Waals surface area contributed by atoms with Gasteiger partial charge in [0.25, 0.3) is 5.91 Å². The summed E-state index contributed by atoms with van der Waals surface area (Å²) in [4.78, 5) is 53.2. The number of aromatic nitrogens is 1. The average Bonchev–Trinajstić information content (AvgIpc) is 3.29. The number of para-hydroxylation sites is 1. The summed E-state index contributed by atoms with van der Waals surface area (Å²) in [6.07, 6.45) is 1.23. The van der Waals surface area contributed by atoms with Crippen LogP contribution >= 0.6 is 11.3 Å². The molecule has 8 nitrogen and oxygen atoms in total. The second kappa shape index (κ2) is 8.75. The number of ketones is 1. The highest BCUT2D eigenvalue weighted by Gasteiger charge is 2.24. The van der Waals surface area contributed by atoms with Gasteiger partial charge in [-0.2, -0.15) is 0 Å². The summed E-state index contributed by atoms with van der Waals surface area (Å²) in [5, 5.41) is 4.84. The molecule has 0 spiro atoms. The molecule has 0 radical (unpaired) electrons. The predicted octanol–water partition coefficient (Wildman–Crippen LogP) is 2.20. The lowest BCUT2D eigenvalue weighted by Gasteiger charge is -2.10. The minimum absolute atomic E-state index is 0.0333. The Kier molecular flexibility index (Phi) is 6.15. The fourth-order valence-electron chi connectivity index (χ4n) is 2.78. The number of rotatable bonds is 7. The van der Waals surface area contributed by atoms with Gasteiger partial charge in [0.15, 0.2) is 17.5 Å². The Bertz CT molecular complexity index is 924. The van der Waals surface area contributed by atoms with Crippen LogP contribution in [-0.4, -0.2) is 41.7 Å². The van der Waals surface area contributed by atoms with Crippen LogP contribution in [-0.2, 0) is 25.5 Å². The van der Waals surface area contributed by atoms with Crippen molar-refractivity contribution in [2.24, 2.45) is 0 Å². The Hall–Kier alpha value is -3.07. The zero-order valence-electron chi connectivity index (χ0n) is 15.3. The van der Waals surface area contributed by atoms with Crippen LogP contribution in [0.2, 0.25) is 0 Å². The number of hydrogen-bond donors (Lipinski definition) is 1. The van der Waals surface area contributed by atoms with Crippen LogP contribution < -0.4 is 10.2 Å². The summed E-state index contributed by atoms with van der Waals surface area (Å²) in [6.45, 7) is 1.58. The summed E-state index contributed by atoms with van der Waals surface area (Å²) >= 11 is 1.30. The number of benzene rings is 1. The maximum atomic E-state index is 12.0. The molecule has 0 unspecified atom stereocenters. The number of nitrogens with zero attached hydrogens (tertiary/aromatic N) is 2. The van der Waals surface area contributed by atoms with Gasteiger partial charge in [-0.1, -0.05) is 12.1 Å². The minimum Gasteiger partial charge on any atom is -0.455 e. The number of Topliss-reactive ketones (excluding diaryl/α,β-unsaturated/α-hetero) is 1. The van der Waals surface area contributed by atoms with E-state index < -0.39 is 18.5 Å². The molecular weight excluding hydrogens is 382 g/mol. The van der Waals surface area contributed by atoms with Crippen molar-refractivity contribution in [1.29, 1.82) is 0 Å². The summed E-state index contributed by atoms with van der Waals surface area (Å²) in [5.74, 6) is -1.28. The van der Waals surface area contributed by atoms with Crippen molar-refractivity contribution in [3.63, 3.8) is 0 Å². The number of carbonyl (C=O) groups excluding carboxylic acids is 4. The van der Waals surface area contributed by atoms with E-state index in [1.165, 1.54) is 18.3 Å². The average molecular weight is 401 g/mol. The SMILES string of the molecule is CC(=O)c1ccccc1NC(=O)COC(=O)Cc1csc(N2CCCC2=O)n1. The zero-order chi connectivity index (χ0) is 20.1. The van der Waals surface area contributed by atoms with E-state index in [2.05, 4.69) is 10.3 Å². The second-order valence-electron chi connectivity index (χ2n) is 6.26. The van der Waals surface area contributed by atoms with E-state index >= 15 is 0 Å². The van der Waals surface area contributed by atoms with Crippen LogP contribution in [0, 0.1) is 0 Å². The van der Waals surface area contributed by atoms with Gasteiger partial charge in [-0.15, -0.1) is 11.3 Å². The molecule has 1 aliphatic heterocycles. The fraction of sp³-hybridized carbons (Fsp3) is 0.316. The summed E-state index contributed by atoms with van der Waals surface area (Å²) in [5.41, 5.74) is 1.25. The number of ether oxygens (including phenoxy) is 1.